The molecule has 1 heterocycles. The van der Waals surface area contributed by atoms with E-state index >= 15 is 0 Å². The van der Waals surface area contributed by atoms with Gasteiger partial charge in [-0.15, -0.1) is 0 Å². The summed E-state index contributed by atoms with van der Waals surface area (Å²) in [6.45, 7) is 0.291. The molecule has 0 unspecified atom stereocenters. The SMILES string of the molecule is COCC(=O)OCCn1cnc2ccccc2c1=O. The highest BCUT2D eigenvalue weighted by Gasteiger charge is 2.05. The molecule has 0 saturated heterocycles. The van der Waals surface area contributed by atoms with Crippen LogP contribution in [-0.4, -0.2) is 35.8 Å². The zero-order valence-electron chi connectivity index (χ0n) is 10.5. The number of esters is 1. The molecule has 100 valence electrons. The van der Waals surface area contributed by atoms with Gasteiger partial charge in [-0.1, -0.05) is 12.1 Å². The molecule has 2 rings (SSSR count). The fourth-order valence-electron chi connectivity index (χ4n) is 1.68. The summed E-state index contributed by atoms with van der Waals surface area (Å²) in [4.78, 5) is 27.3. The van der Waals surface area contributed by atoms with Gasteiger partial charge in [-0.25, -0.2) is 9.78 Å². The van der Waals surface area contributed by atoms with Gasteiger partial charge in [0.05, 0.1) is 23.8 Å². The van der Waals surface area contributed by atoms with E-state index < -0.39 is 5.97 Å². The van der Waals surface area contributed by atoms with Crippen LogP contribution in [0.1, 0.15) is 0 Å². The number of carbonyl (C=O) groups excluding carboxylic acids is 1. The van der Waals surface area contributed by atoms with Crippen LogP contribution < -0.4 is 5.56 Å². The predicted octanol–water partition coefficient (Wildman–Crippen LogP) is 0.586. The quantitative estimate of drug-likeness (QED) is 0.737. The van der Waals surface area contributed by atoms with Crippen molar-refractivity contribution in [2.45, 2.75) is 6.54 Å². The zero-order chi connectivity index (χ0) is 13.7. The van der Waals surface area contributed by atoms with Crippen molar-refractivity contribution < 1.29 is 14.3 Å². The first-order valence-corrected chi connectivity index (χ1v) is 5.81. The molecule has 0 aliphatic carbocycles. The summed E-state index contributed by atoms with van der Waals surface area (Å²) in [6.07, 6.45) is 1.45. The van der Waals surface area contributed by atoms with Gasteiger partial charge in [0.25, 0.3) is 5.56 Å². The minimum Gasteiger partial charge on any atom is -0.462 e. The van der Waals surface area contributed by atoms with Crippen LogP contribution in [0.3, 0.4) is 0 Å². The fourth-order valence-corrected chi connectivity index (χ4v) is 1.68. The van der Waals surface area contributed by atoms with Crippen molar-refractivity contribution in [3.8, 4) is 0 Å². The number of benzene rings is 1. The number of methoxy groups -OCH3 is 1. The number of hydrogen-bond donors (Lipinski definition) is 0. The lowest BCUT2D eigenvalue weighted by atomic mass is 10.2. The molecule has 0 radical (unpaired) electrons. The first-order valence-electron chi connectivity index (χ1n) is 5.81. The maximum atomic E-state index is 12.1. The lowest BCUT2D eigenvalue weighted by Gasteiger charge is -2.07. The van der Waals surface area contributed by atoms with E-state index in [-0.39, 0.29) is 25.3 Å². The molecule has 0 bridgehead atoms. The van der Waals surface area contributed by atoms with Gasteiger partial charge >= 0.3 is 5.97 Å². The van der Waals surface area contributed by atoms with Crippen LogP contribution in [0.15, 0.2) is 35.4 Å². The van der Waals surface area contributed by atoms with E-state index in [0.717, 1.165) is 0 Å². The highest BCUT2D eigenvalue weighted by atomic mass is 16.6. The Morgan fingerprint density at radius 3 is 2.95 bits per heavy atom. The van der Waals surface area contributed by atoms with Gasteiger partial charge in [0.15, 0.2) is 0 Å². The highest BCUT2D eigenvalue weighted by molar-refractivity contribution is 5.76. The summed E-state index contributed by atoms with van der Waals surface area (Å²) < 4.78 is 11.0. The molecule has 1 aromatic carbocycles. The second-order valence-corrected chi connectivity index (χ2v) is 3.91. The summed E-state index contributed by atoms with van der Waals surface area (Å²) in [5.41, 5.74) is 0.508. The average molecular weight is 262 g/mol. The molecule has 6 heteroatoms. The molecule has 0 fully saturated rings. The normalized spacial score (nSPS) is 10.6. The number of carbonyl (C=O) groups is 1. The molecule has 0 aliphatic heterocycles. The van der Waals surface area contributed by atoms with Crippen molar-refractivity contribution in [2.75, 3.05) is 20.3 Å². The van der Waals surface area contributed by atoms with Gasteiger partial charge < -0.3 is 9.47 Å². The molecule has 2 aromatic rings. The van der Waals surface area contributed by atoms with Crippen LogP contribution in [0.2, 0.25) is 0 Å². The van der Waals surface area contributed by atoms with Gasteiger partial charge in [-0.2, -0.15) is 0 Å². The van der Waals surface area contributed by atoms with E-state index in [4.69, 9.17) is 4.74 Å². The Balaban J connectivity index is 2.07. The second kappa shape index (κ2) is 6.10. The maximum Gasteiger partial charge on any atom is 0.332 e. The van der Waals surface area contributed by atoms with Crippen molar-refractivity contribution in [1.29, 1.82) is 0 Å². The third-order valence-corrected chi connectivity index (χ3v) is 2.59. The van der Waals surface area contributed by atoms with E-state index in [1.807, 2.05) is 6.07 Å². The highest BCUT2D eigenvalue weighted by Crippen LogP contribution is 2.04. The topological polar surface area (TPSA) is 70.4 Å². The molecule has 0 spiro atoms. The lowest BCUT2D eigenvalue weighted by molar-refractivity contribution is -0.148. The average Bonchev–Trinajstić information content (AvgIpc) is 2.42. The fraction of sp³-hybridized carbons (Fsp3) is 0.308. The van der Waals surface area contributed by atoms with Crippen molar-refractivity contribution in [1.82, 2.24) is 9.55 Å². The summed E-state index contributed by atoms with van der Waals surface area (Å²) in [6, 6.07) is 7.11. The molecular formula is C13H14N2O4. The van der Waals surface area contributed by atoms with E-state index in [1.54, 1.807) is 18.2 Å². The smallest absolute Gasteiger partial charge is 0.332 e. The molecular weight excluding hydrogens is 248 g/mol. The van der Waals surface area contributed by atoms with Crippen LogP contribution in [-0.2, 0) is 20.8 Å². The van der Waals surface area contributed by atoms with Crippen LogP contribution in [0, 0.1) is 0 Å². The van der Waals surface area contributed by atoms with E-state index in [2.05, 4.69) is 9.72 Å². The minimum absolute atomic E-state index is 0.0924. The summed E-state index contributed by atoms with van der Waals surface area (Å²) in [5.74, 6) is -0.454. The Hall–Kier alpha value is -2.21. The summed E-state index contributed by atoms with van der Waals surface area (Å²) >= 11 is 0. The molecule has 0 amide bonds. The van der Waals surface area contributed by atoms with Crippen molar-refractivity contribution in [2.24, 2.45) is 0 Å². The van der Waals surface area contributed by atoms with Crippen molar-refractivity contribution in [3.05, 3.63) is 40.9 Å². The van der Waals surface area contributed by atoms with E-state index in [9.17, 15) is 9.59 Å². The predicted molar refractivity (Wildman–Crippen MR) is 68.8 cm³/mol. The zero-order valence-corrected chi connectivity index (χ0v) is 10.5. The summed E-state index contributed by atoms with van der Waals surface area (Å²) in [7, 11) is 1.42. The van der Waals surface area contributed by atoms with Crippen molar-refractivity contribution >= 4 is 16.9 Å². The number of nitrogens with zero attached hydrogens (tertiary/aromatic N) is 2. The number of para-hydroxylation sites is 1. The second-order valence-electron chi connectivity index (χ2n) is 3.91. The van der Waals surface area contributed by atoms with Crippen molar-refractivity contribution in [3.63, 3.8) is 0 Å². The number of rotatable bonds is 5. The van der Waals surface area contributed by atoms with Gasteiger partial charge in [0, 0.05) is 7.11 Å². The van der Waals surface area contributed by atoms with E-state index in [1.165, 1.54) is 18.0 Å². The van der Waals surface area contributed by atoms with Gasteiger partial charge in [0.2, 0.25) is 0 Å². The molecule has 0 atom stereocenters. The number of aromatic nitrogens is 2. The Kier molecular flexibility index (Phi) is 4.25. The Morgan fingerprint density at radius 1 is 1.37 bits per heavy atom. The van der Waals surface area contributed by atoms with Gasteiger partial charge in [0.1, 0.15) is 13.2 Å². The van der Waals surface area contributed by atoms with Crippen LogP contribution in [0.5, 0.6) is 0 Å². The van der Waals surface area contributed by atoms with Gasteiger partial charge in [-0.3, -0.25) is 9.36 Å². The Morgan fingerprint density at radius 2 is 2.16 bits per heavy atom. The van der Waals surface area contributed by atoms with Crippen LogP contribution in [0.25, 0.3) is 10.9 Å². The summed E-state index contributed by atoms with van der Waals surface area (Å²) in [5, 5.41) is 0.549. The van der Waals surface area contributed by atoms with Crippen LogP contribution >= 0.6 is 0 Å². The standard InChI is InChI=1S/C13H14N2O4/c1-18-8-12(16)19-7-6-15-9-14-11-5-3-2-4-10(11)13(15)17/h2-5,9H,6-8H2,1H3. The lowest BCUT2D eigenvalue weighted by Crippen LogP contribution is -2.24. The monoisotopic (exact) mass is 262 g/mol. The molecule has 6 nitrogen and oxygen atoms in total. The first kappa shape index (κ1) is 13.2. The number of hydrogen-bond acceptors (Lipinski definition) is 5. The third-order valence-electron chi connectivity index (χ3n) is 2.59. The third kappa shape index (κ3) is 3.17. The maximum absolute atomic E-state index is 12.1. The minimum atomic E-state index is -0.454. The molecule has 0 N–H and O–H groups in total. The van der Waals surface area contributed by atoms with Gasteiger partial charge in [-0.05, 0) is 12.1 Å². The number of ether oxygens (including phenoxy) is 2. The number of fused-ring (bicyclic) bond motifs is 1. The van der Waals surface area contributed by atoms with Crippen LogP contribution in [0.4, 0.5) is 0 Å². The Bertz CT molecular complexity index is 636. The molecule has 0 aliphatic rings. The molecule has 19 heavy (non-hydrogen) atoms. The Labute approximate surface area is 109 Å². The first-order chi connectivity index (χ1) is 9.22. The largest absolute Gasteiger partial charge is 0.462 e. The van der Waals surface area contributed by atoms with E-state index in [0.29, 0.717) is 10.9 Å². The molecule has 1 aromatic heterocycles. The molecule has 0 saturated carbocycles.